The van der Waals surface area contributed by atoms with Crippen LogP contribution in [-0.2, 0) is 0 Å². The van der Waals surface area contributed by atoms with Crippen LogP contribution in [0.4, 0.5) is 0 Å². The summed E-state index contributed by atoms with van der Waals surface area (Å²) in [6, 6.07) is 16.1. The topological polar surface area (TPSA) is 59.4 Å². The van der Waals surface area contributed by atoms with Crippen molar-refractivity contribution in [1.29, 1.82) is 0 Å². The first-order valence-corrected chi connectivity index (χ1v) is 6.99. The predicted molar refractivity (Wildman–Crippen MR) is 82.9 cm³/mol. The minimum Gasteiger partial charge on any atom is -0.478 e. The quantitative estimate of drug-likeness (QED) is 0.761. The van der Waals surface area contributed by atoms with Gasteiger partial charge in [-0.15, -0.1) is 0 Å². The van der Waals surface area contributed by atoms with Crippen molar-refractivity contribution in [3.8, 4) is 11.6 Å². The SMILES string of the molecule is O=C(O)c1cc(Br)ccc1Oc1ccc2ccccc2n1. The lowest BCUT2D eigenvalue weighted by atomic mass is 10.2. The van der Waals surface area contributed by atoms with Crippen molar-refractivity contribution in [1.82, 2.24) is 4.98 Å². The summed E-state index contributed by atoms with van der Waals surface area (Å²) in [6.45, 7) is 0. The average molecular weight is 344 g/mol. The molecule has 1 heterocycles. The molecule has 3 rings (SSSR count). The summed E-state index contributed by atoms with van der Waals surface area (Å²) in [4.78, 5) is 15.6. The Labute approximate surface area is 129 Å². The number of benzene rings is 2. The first kappa shape index (κ1) is 13.6. The van der Waals surface area contributed by atoms with E-state index in [1.165, 1.54) is 6.07 Å². The minimum absolute atomic E-state index is 0.0827. The molecule has 1 N–H and O–H groups in total. The Balaban J connectivity index is 2.00. The standard InChI is InChI=1S/C16H10BrNO3/c17-11-6-7-14(12(9-11)16(19)20)21-15-8-5-10-3-1-2-4-13(10)18-15/h1-9H,(H,19,20). The summed E-state index contributed by atoms with van der Waals surface area (Å²) in [7, 11) is 0. The number of fused-ring (bicyclic) bond motifs is 1. The molecule has 0 amide bonds. The summed E-state index contributed by atoms with van der Waals surface area (Å²) in [6.07, 6.45) is 0. The van der Waals surface area contributed by atoms with Gasteiger partial charge in [-0.2, -0.15) is 0 Å². The molecule has 0 aliphatic carbocycles. The number of halogens is 1. The van der Waals surface area contributed by atoms with Gasteiger partial charge in [0.05, 0.1) is 5.52 Å². The molecule has 0 aliphatic rings. The van der Waals surface area contributed by atoms with Gasteiger partial charge in [0.2, 0.25) is 5.88 Å². The normalized spacial score (nSPS) is 10.5. The summed E-state index contributed by atoms with van der Waals surface area (Å²) in [5.74, 6) is -0.431. The molecule has 0 spiro atoms. The lowest BCUT2D eigenvalue weighted by Crippen LogP contribution is -2.00. The Morgan fingerprint density at radius 1 is 1.10 bits per heavy atom. The monoisotopic (exact) mass is 343 g/mol. The Morgan fingerprint density at radius 2 is 1.90 bits per heavy atom. The number of pyridine rings is 1. The maximum atomic E-state index is 11.3. The van der Waals surface area contributed by atoms with E-state index in [2.05, 4.69) is 20.9 Å². The van der Waals surface area contributed by atoms with Crippen molar-refractivity contribution in [2.24, 2.45) is 0 Å². The molecule has 0 saturated heterocycles. The number of aromatic carboxylic acids is 1. The molecule has 0 radical (unpaired) electrons. The zero-order valence-electron chi connectivity index (χ0n) is 10.8. The largest absolute Gasteiger partial charge is 0.478 e. The van der Waals surface area contributed by atoms with Crippen molar-refractivity contribution < 1.29 is 14.6 Å². The van der Waals surface area contributed by atoms with E-state index in [0.717, 1.165) is 10.9 Å². The van der Waals surface area contributed by atoms with Gasteiger partial charge in [-0.05, 0) is 30.3 Å². The number of ether oxygens (including phenoxy) is 1. The van der Waals surface area contributed by atoms with Crippen molar-refractivity contribution in [3.05, 3.63) is 64.6 Å². The van der Waals surface area contributed by atoms with Crippen LogP contribution in [0.15, 0.2) is 59.1 Å². The molecular formula is C16H10BrNO3. The molecule has 0 aliphatic heterocycles. The molecule has 0 unspecified atom stereocenters. The summed E-state index contributed by atoms with van der Waals surface area (Å²) < 4.78 is 6.30. The zero-order chi connectivity index (χ0) is 14.8. The highest BCUT2D eigenvalue weighted by molar-refractivity contribution is 9.10. The maximum absolute atomic E-state index is 11.3. The number of aromatic nitrogens is 1. The third-order valence-electron chi connectivity index (χ3n) is 2.96. The van der Waals surface area contributed by atoms with Gasteiger partial charge in [-0.3, -0.25) is 0 Å². The lowest BCUT2D eigenvalue weighted by Gasteiger charge is -2.09. The van der Waals surface area contributed by atoms with Gasteiger partial charge in [0.1, 0.15) is 11.3 Å². The van der Waals surface area contributed by atoms with Crippen LogP contribution in [-0.4, -0.2) is 16.1 Å². The average Bonchev–Trinajstić information content (AvgIpc) is 2.49. The first-order valence-electron chi connectivity index (χ1n) is 6.20. The van der Waals surface area contributed by atoms with Gasteiger partial charge in [0.25, 0.3) is 0 Å². The van der Waals surface area contributed by atoms with Crippen molar-refractivity contribution in [2.45, 2.75) is 0 Å². The molecule has 0 bridgehead atoms. The number of carbonyl (C=O) groups is 1. The first-order chi connectivity index (χ1) is 10.1. The fourth-order valence-electron chi connectivity index (χ4n) is 1.98. The summed E-state index contributed by atoms with van der Waals surface area (Å²) in [5.41, 5.74) is 0.878. The Hall–Kier alpha value is -2.40. The van der Waals surface area contributed by atoms with Crippen LogP contribution in [0.1, 0.15) is 10.4 Å². The Bertz CT molecular complexity index is 833. The molecule has 0 saturated carbocycles. The Kier molecular flexibility index (Phi) is 3.58. The highest BCUT2D eigenvalue weighted by atomic mass is 79.9. The Morgan fingerprint density at radius 3 is 2.71 bits per heavy atom. The highest BCUT2D eigenvalue weighted by Crippen LogP contribution is 2.28. The number of hydrogen-bond acceptors (Lipinski definition) is 3. The molecular weight excluding hydrogens is 334 g/mol. The third-order valence-corrected chi connectivity index (χ3v) is 3.45. The molecule has 2 aromatic carbocycles. The second kappa shape index (κ2) is 5.54. The molecule has 5 heteroatoms. The van der Waals surface area contributed by atoms with Crippen LogP contribution in [0, 0.1) is 0 Å². The van der Waals surface area contributed by atoms with Gasteiger partial charge in [0.15, 0.2) is 0 Å². The second-order valence-electron chi connectivity index (χ2n) is 4.39. The van der Waals surface area contributed by atoms with Gasteiger partial charge in [-0.1, -0.05) is 34.1 Å². The van der Waals surface area contributed by atoms with E-state index < -0.39 is 5.97 Å². The summed E-state index contributed by atoms with van der Waals surface area (Å²) >= 11 is 3.25. The fraction of sp³-hybridized carbons (Fsp3) is 0. The molecule has 1 aromatic heterocycles. The van der Waals surface area contributed by atoms with Gasteiger partial charge in [-0.25, -0.2) is 9.78 Å². The van der Waals surface area contributed by atoms with Gasteiger partial charge >= 0.3 is 5.97 Å². The van der Waals surface area contributed by atoms with E-state index in [0.29, 0.717) is 10.4 Å². The highest BCUT2D eigenvalue weighted by Gasteiger charge is 2.13. The predicted octanol–water partition coefficient (Wildman–Crippen LogP) is 4.49. The number of carboxylic acid groups (broad SMARTS) is 1. The number of nitrogens with zero attached hydrogens (tertiary/aromatic N) is 1. The number of hydrogen-bond donors (Lipinski definition) is 1. The fourth-order valence-corrected chi connectivity index (χ4v) is 2.34. The van der Waals surface area contributed by atoms with Crippen LogP contribution in [0.5, 0.6) is 11.6 Å². The second-order valence-corrected chi connectivity index (χ2v) is 5.31. The summed E-state index contributed by atoms with van der Waals surface area (Å²) in [5, 5.41) is 10.2. The number of carboxylic acids is 1. The number of rotatable bonds is 3. The molecule has 0 fully saturated rings. The van der Waals surface area contributed by atoms with E-state index >= 15 is 0 Å². The molecule has 21 heavy (non-hydrogen) atoms. The third kappa shape index (κ3) is 2.87. The van der Waals surface area contributed by atoms with Crippen LogP contribution in [0.2, 0.25) is 0 Å². The number of para-hydroxylation sites is 1. The lowest BCUT2D eigenvalue weighted by molar-refractivity contribution is 0.0694. The molecule has 0 atom stereocenters. The van der Waals surface area contributed by atoms with E-state index in [4.69, 9.17) is 4.74 Å². The maximum Gasteiger partial charge on any atom is 0.339 e. The van der Waals surface area contributed by atoms with Crippen LogP contribution >= 0.6 is 15.9 Å². The molecule has 104 valence electrons. The van der Waals surface area contributed by atoms with Crippen LogP contribution in [0.3, 0.4) is 0 Å². The van der Waals surface area contributed by atoms with Crippen molar-refractivity contribution in [2.75, 3.05) is 0 Å². The van der Waals surface area contributed by atoms with Crippen molar-refractivity contribution >= 4 is 32.8 Å². The van der Waals surface area contributed by atoms with E-state index in [-0.39, 0.29) is 11.3 Å². The van der Waals surface area contributed by atoms with Crippen LogP contribution in [0.25, 0.3) is 10.9 Å². The minimum atomic E-state index is -1.05. The van der Waals surface area contributed by atoms with E-state index in [1.807, 2.05) is 30.3 Å². The molecule has 3 aromatic rings. The molecule has 4 nitrogen and oxygen atoms in total. The van der Waals surface area contributed by atoms with Gasteiger partial charge < -0.3 is 9.84 Å². The van der Waals surface area contributed by atoms with Crippen LogP contribution < -0.4 is 4.74 Å². The van der Waals surface area contributed by atoms with Gasteiger partial charge in [0, 0.05) is 15.9 Å². The van der Waals surface area contributed by atoms with E-state index in [9.17, 15) is 9.90 Å². The van der Waals surface area contributed by atoms with E-state index in [1.54, 1.807) is 18.2 Å². The van der Waals surface area contributed by atoms with Crippen molar-refractivity contribution in [3.63, 3.8) is 0 Å². The zero-order valence-corrected chi connectivity index (χ0v) is 12.4. The smallest absolute Gasteiger partial charge is 0.339 e.